The number of halogens is 4. The third kappa shape index (κ3) is 8.97. The van der Waals surface area contributed by atoms with Crippen molar-refractivity contribution in [1.82, 2.24) is 5.32 Å². The van der Waals surface area contributed by atoms with Gasteiger partial charge >= 0.3 is 6.36 Å². The number of alkyl halides is 3. The topological polar surface area (TPSA) is 78.1 Å². The standard InChI is InChI=1S/C20H24F3N3O3.HI/c1-27-17-8-5-15(13-18(17)28-2)10-12-26-19(24)25-11-9-14-3-6-16(7-4-14)29-20(21,22)23;/h3-8,13H,9-12H2,1-2H3,(H3,24,25,26);1H. The summed E-state index contributed by atoms with van der Waals surface area (Å²) in [7, 11) is 3.17. The number of rotatable bonds is 9. The van der Waals surface area contributed by atoms with Gasteiger partial charge in [0, 0.05) is 13.1 Å². The van der Waals surface area contributed by atoms with Gasteiger partial charge in [0.15, 0.2) is 17.5 Å². The van der Waals surface area contributed by atoms with Crippen LogP contribution in [-0.4, -0.2) is 39.6 Å². The van der Waals surface area contributed by atoms with Gasteiger partial charge < -0.3 is 25.3 Å². The third-order valence-electron chi connectivity index (χ3n) is 4.01. The van der Waals surface area contributed by atoms with Gasteiger partial charge in [-0.2, -0.15) is 0 Å². The summed E-state index contributed by atoms with van der Waals surface area (Å²) < 4.78 is 50.7. The van der Waals surface area contributed by atoms with Gasteiger partial charge in [-0.3, -0.25) is 4.99 Å². The molecular formula is C20H25F3IN3O3. The maximum atomic E-state index is 12.1. The van der Waals surface area contributed by atoms with Crippen molar-refractivity contribution >= 4 is 29.9 Å². The van der Waals surface area contributed by atoms with Crippen LogP contribution in [0, 0.1) is 0 Å². The Morgan fingerprint density at radius 1 is 0.967 bits per heavy atom. The molecule has 0 aromatic heterocycles. The SMILES string of the molecule is COc1ccc(CCNC(N)=NCCc2ccc(OC(F)(F)F)cc2)cc1OC.I. The lowest BCUT2D eigenvalue weighted by Crippen LogP contribution is -2.33. The van der Waals surface area contributed by atoms with Crippen LogP contribution in [0.25, 0.3) is 0 Å². The molecule has 0 aliphatic heterocycles. The fourth-order valence-corrected chi connectivity index (χ4v) is 2.59. The number of hydrogen-bond acceptors (Lipinski definition) is 4. The van der Waals surface area contributed by atoms with E-state index in [4.69, 9.17) is 15.2 Å². The van der Waals surface area contributed by atoms with E-state index in [0.717, 1.165) is 17.5 Å². The molecule has 0 saturated carbocycles. The second kappa shape index (κ2) is 12.4. The predicted octanol–water partition coefficient (Wildman–Crippen LogP) is 3.91. The van der Waals surface area contributed by atoms with Gasteiger partial charge in [-0.15, -0.1) is 37.1 Å². The molecule has 0 radical (unpaired) electrons. The maximum Gasteiger partial charge on any atom is 0.573 e. The van der Waals surface area contributed by atoms with Gasteiger partial charge in [0.1, 0.15) is 5.75 Å². The highest BCUT2D eigenvalue weighted by Crippen LogP contribution is 2.27. The molecule has 2 rings (SSSR count). The van der Waals surface area contributed by atoms with E-state index in [1.165, 1.54) is 12.1 Å². The van der Waals surface area contributed by atoms with Gasteiger partial charge in [-0.25, -0.2) is 0 Å². The average Bonchev–Trinajstić information content (AvgIpc) is 2.68. The molecule has 0 bridgehead atoms. The van der Waals surface area contributed by atoms with E-state index < -0.39 is 6.36 Å². The van der Waals surface area contributed by atoms with Crippen LogP contribution >= 0.6 is 24.0 Å². The number of benzene rings is 2. The molecule has 6 nitrogen and oxygen atoms in total. The van der Waals surface area contributed by atoms with Gasteiger partial charge in [0.25, 0.3) is 0 Å². The van der Waals surface area contributed by atoms with Gasteiger partial charge in [0.2, 0.25) is 0 Å². The van der Waals surface area contributed by atoms with Crippen molar-refractivity contribution in [3.63, 3.8) is 0 Å². The first-order chi connectivity index (χ1) is 13.8. The quantitative estimate of drug-likeness (QED) is 0.287. The van der Waals surface area contributed by atoms with Gasteiger partial charge in [0.05, 0.1) is 14.2 Å². The van der Waals surface area contributed by atoms with Crippen molar-refractivity contribution in [2.45, 2.75) is 19.2 Å². The molecule has 0 amide bonds. The molecule has 2 aromatic rings. The fourth-order valence-electron chi connectivity index (χ4n) is 2.59. The Balaban J connectivity index is 0.00000450. The van der Waals surface area contributed by atoms with Crippen molar-refractivity contribution in [3.05, 3.63) is 53.6 Å². The zero-order chi connectivity index (χ0) is 21.3. The zero-order valence-corrected chi connectivity index (χ0v) is 19.0. The Morgan fingerprint density at radius 2 is 1.60 bits per heavy atom. The van der Waals surface area contributed by atoms with Crippen LogP contribution in [0.5, 0.6) is 17.2 Å². The number of hydrogen-bond donors (Lipinski definition) is 2. The van der Waals surface area contributed by atoms with E-state index in [-0.39, 0.29) is 29.7 Å². The van der Waals surface area contributed by atoms with Crippen molar-refractivity contribution in [2.75, 3.05) is 27.3 Å². The van der Waals surface area contributed by atoms with E-state index in [1.807, 2.05) is 18.2 Å². The lowest BCUT2D eigenvalue weighted by molar-refractivity contribution is -0.274. The Bertz CT molecular complexity index is 815. The van der Waals surface area contributed by atoms with Crippen LogP contribution < -0.4 is 25.3 Å². The Morgan fingerprint density at radius 3 is 2.20 bits per heavy atom. The minimum atomic E-state index is -4.69. The summed E-state index contributed by atoms with van der Waals surface area (Å²) in [5.41, 5.74) is 7.74. The lowest BCUT2D eigenvalue weighted by Gasteiger charge is -2.10. The molecule has 0 unspecified atom stereocenters. The third-order valence-corrected chi connectivity index (χ3v) is 4.01. The molecule has 166 valence electrons. The van der Waals surface area contributed by atoms with Crippen LogP contribution in [0.4, 0.5) is 13.2 Å². The number of nitrogens with one attached hydrogen (secondary N) is 1. The van der Waals surface area contributed by atoms with Gasteiger partial charge in [-0.1, -0.05) is 18.2 Å². The number of guanidine groups is 1. The molecule has 10 heteroatoms. The summed E-state index contributed by atoms with van der Waals surface area (Å²) in [6.07, 6.45) is -3.43. The summed E-state index contributed by atoms with van der Waals surface area (Å²) in [5.74, 6) is 1.39. The molecule has 0 fully saturated rings. The molecule has 0 heterocycles. The average molecular weight is 539 g/mol. The second-order valence-electron chi connectivity index (χ2n) is 6.07. The van der Waals surface area contributed by atoms with E-state index in [0.29, 0.717) is 37.0 Å². The number of ether oxygens (including phenoxy) is 3. The van der Waals surface area contributed by atoms with Crippen LogP contribution in [0.3, 0.4) is 0 Å². The summed E-state index contributed by atoms with van der Waals surface area (Å²) in [4.78, 5) is 4.22. The number of nitrogens with zero attached hydrogens (tertiary/aromatic N) is 1. The Hall–Kier alpha value is -2.37. The zero-order valence-electron chi connectivity index (χ0n) is 16.7. The van der Waals surface area contributed by atoms with E-state index in [1.54, 1.807) is 26.4 Å². The molecule has 0 atom stereocenters. The van der Waals surface area contributed by atoms with Crippen molar-refractivity contribution in [1.29, 1.82) is 0 Å². The number of aliphatic imine (C=N–C) groups is 1. The molecule has 3 N–H and O–H groups in total. The van der Waals surface area contributed by atoms with Crippen LogP contribution in [0.15, 0.2) is 47.5 Å². The molecule has 2 aromatic carbocycles. The second-order valence-corrected chi connectivity index (χ2v) is 6.07. The Kier molecular flexibility index (Phi) is 10.6. The Labute approximate surface area is 190 Å². The monoisotopic (exact) mass is 539 g/mol. The molecule has 0 aliphatic carbocycles. The minimum Gasteiger partial charge on any atom is -0.493 e. The number of nitrogens with two attached hydrogens (primary N) is 1. The summed E-state index contributed by atoms with van der Waals surface area (Å²) >= 11 is 0. The van der Waals surface area contributed by atoms with Crippen LogP contribution in [0.1, 0.15) is 11.1 Å². The molecule has 0 spiro atoms. The normalized spacial score (nSPS) is 11.4. The summed E-state index contributed by atoms with van der Waals surface area (Å²) in [6.45, 7) is 1.00. The first kappa shape index (κ1) is 25.7. The highest BCUT2D eigenvalue weighted by Gasteiger charge is 2.30. The molecule has 0 saturated heterocycles. The van der Waals surface area contributed by atoms with E-state index >= 15 is 0 Å². The lowest BCUT2D eigenvalue weighted by atomic mass is 10.1. The predicted molar refractivity (Wildman–Crippen MR) is 120 cm³/mol. The van der Waals surface area contributed by atoms with Crippen LogP contribution in [-0.2, 0) is 12.8 Å². The summed E-state index contributed by atoms with van der Waals surface area (Å²) in [6, 6.07) is 11.4. The highest BCUT2D eigenvalue weighted by molar-refractivity contribution is 14.0. The minimum absolute atomic E-state index is 0. The molecular weight excluding hydrogens is 514 g/mol. The van der Waals surface area contributed by atoms with Crippen molar-refractivity contribution < 1.29 is 27.4 Å². The van der Waals surface area contributed by atoms with Crippen molar-refractivity contribution in [2.24, 2.45) is 10.7 Å². The van der Waals surface area contributed by atoms with Crippen molar-refractivity contribution in [3.8, 4) is 17.2 Å². The molecule has 30 heavy (non-hydrogen) atoms. The van der Waals surface area contributed by atoms with Crippen LogP contribution in [0.2, 0.25) is 0 Å². The van der Waals surface area contributed by atoms with E-state index in [2.05, 4.69) is 15.0 Å². The largest absolute Gasteiger partial charge is 0.573 e. The molecule has 0 aliphatic rings. The van der Waals surface area contributed by atoms with E-state index in [9.17, 15) is 13.2 Å². The maximum absolute atomic E-state index is 12.1. The fraction of sp³-hybridized carbons (Fsp3) is 0.350. The first-order valence-corrected chi connectivity index (χ1v) is 8.90. The smallest absolute Gasteiger partial charge is 0.493 e. The highest BCUT2D eigenvalue weighted by atomic mass is 127. The first-order valence-electron chi connectivity index (χ1n) is 8.90. The van der Waals surface area contributed by atoms with Gasteiger partial charge in [-0.05, 0) is 48.2 Å². The summed E-state index contributed by atoms with van der Waals surface area (Å²) in [5, 5.41) is 3.03. The number of methoxy groups -OCH3 is 2.